The van der Waals surface area contributed by atoms with Gasteiger partial charge in [0.05, 0.1) is 12.1 Å². The third-order valence-corrected chi connectivity index (χ3v) is 4.28. The molecule has 1 amide bonds. The van der Waals surface area contributed by atoms with Crippen LogP contribution in [0.15, 0.2) is 30.3 Å². The van der Waals surface area contributed by atoms with Crippen molar-refractivity contribution < 1.29 is 14.7 Å². The summed E-state index contributed by atoms with van der Waals surface area (Å²) in [5, 5.41) is 16.5. The zero-order chi connectivity index (χ0) is 18.4. The van der Waals surface area contributed by atoms with E-state index in [1.54, 1.807) is 4.68 Å². The number of aliphatic carboxylic acids is 1. The zero-order valence-electron chi connectivity index (χ0n) is 15.0. The molecule has 25 heavy (non-hydrogen) atoms. The van der Waals surface area contributed by atoms with Gasteiger partial charge in [-0.2, -0.15) is 5.10 Å². The Labute approximate surface area is 147 Å². The lowest BCUT2D eigenvalue weighted by atomic mass is 10.0. The lowest BCUT2D eigenvalue weighted by Crippen LogP contribution is -2.43. The molecular formula is C19H25N3O3. The Morgan fingerprint density at radius 2 is 1.88 bits per heavy atom. The van der Waals surface area contributed by atoms with Crippen LogP contribution in [0.25, 0.3) is 0 Å². The summed E-state index contributed by atoms with van der Waals surface area (Å²) in [6.45, 7) is 4.02. The van der Waals surface area contributed by atoms with E-state index in [2.05, 4.69) is 10.4 Å². The van der Waals surface area contributed by atoms with Crippen LogP contribution in [0.5, 0.6) is 0 Å². The lowest BCUT2D eigenvalue weighted by Gasteiger charge is -2.15. The van der Waals surface area contributed by atoms with Crippen molar-refractivity contribution in [3.05, 3.63) is 52.8 Å². The van der Waals surface area contributed by atoms with Crippen LogP contribution in [0.4, 0.5) is 0 Å². The summed E-state index contributed by atoms with van der Waals surface area (Å²) in [6, 6.07) is 8.35. The molecule has 0 aliphatic heterocycles. The van der Waals surface area contributed by atoms with Gasteiger partial charge in [-0.3, -0.25) is 9.48 Å². The number of nitrogens with one attached hydrogen (secondary N) is 1. The average Bonchev–Trinajstić information content (AvgIpc) is 2.89. The summed E-state index contributed by atoms with van der Waals surface area (Å²) in [5.74, 6) is -1.32. The van der Waals surface area contributed by atoms with E-state index in [1.807, 2.05) is 51.2 Å². The monoisotopic (exact) mass is 343 g/mol. The summed E-state index contributed by atoms with van der Waals surface area (Å²) >= 11 is 0. The van der Waals surface area contributed by atoms with E-state index in [4.69, 9.17) is 0 Å². The van der Waals surface area contributed by atoms with E-state index < -0.39 is 12.0 Å². The molecule has 1 atom stereocenters. The third-order valence-electron chi connectivity index (χ3n) is 4.28. The maximum absolute atomic E-state index is 12.5. The number of hydrogen-bond donors (Lipinski definition) is 2. The number of hydrogen-bond acceptors (Lipinski definition) is 3. The Hall–Kier alpha value is -2.63. The first kappa shape index (κ1) is 18.7. The molecule has 1 aromatic heterocycles. The second kappa shape index (κ2) is 8.46. The molecule has 1 heterocycles. The fraction of sp³-hybridized carbons (Fsp3) is 0.421. The van der Waals surface area contributed by atoms with Crippen LogP contribution in [0.2, 0.25) is 0 Å². The molecule has 0 aliphatic rings. The SMILES string of the molecule is CCc1nn(C)c(CC)c1CC(=O)N[C@@H](Cc1ccccc1)C(=O)O. The smallest absolute Gasteiger partial charge is 0.326 e. The normalized spacial score (nSPS) is 12.0. The van der Waals surface area contributed by atoms with Gasteiger partial charge < -0.3 is 10.4 Å². The maximum Gasteiger partial charge on any atom is 0.326 e. The van der Waals surface area contributed by atoms with E-state index in [-0.39, 0.29) is 18.7 Å². The van der Waals surface area contributed by atoms with E-state index >= 15 is 0 Å². The highest BCUT2D eigenvalue weighted by Crippen LogP contribution is 2.16. The fourth-order valence-corrected chi connectivity index (χ4v) is 3.05. The quantitative estimate of drug-likeness (QED) is 0.767. The van der Waals surface area contributed by atoms with Gasteiger partial charge >= 0.3 is 5.97 Å². The van der Waals surface area contributed by atoms with Gasteiger partial charge in [0.25, 0.3) is 0 Å². The largest absolute Gasteiger partial charge is 0.480 e. The van der Waals surface area contributed by atoms with Crippen LogP contribution >= 0.6 is 0 Å². The highest BCUT2D eigenvalue weighted by molar-refractivity contribution is 5.85. The van der Waals surface area contributed by atoms with Crippen LogP contribution in [-0.4, -0.2) is 32.8 Å². The molecule has 1 aromatic carbocycles. The number of aromatic nitrogens is 2. The average molecular weight is 343 g/mol. The Morgan fingerprint density at radius 3 is 2.44 bits per heavy atom. The van der Waals surface area contributed by atoms with Gasteiger partial charge in [-0.15, -0.1) is 0 Å². The highest BCUT2D eigenvalue weighted by atomic mass is 16.4. The molecule has 0 aliphatic carbocycles. The molecule has 0 unspecified atom stereocenters. The Morgan fingerprint density at radius 1 is 1.20 bits per heavy atom. The minimum absolute atomic E-state index is 0.152. The molecule has 0 saturated carbocycles. The lowest BCUT2D eigenvalue weighted by molar-refractivity contribution is -0.141. The molecule has 0 radical (unpaired) electrons. The first-order valence-electron chi connectivity index (χ1n) is 8.55. The Kier molecular flexibility index (Phi) is 6.33. The number of benzene rings is 1. The molecule has 2 rings (SSSR count). The molecular weight excluding hydrogens is 318 g/mol. The van der Waals surface area contributed by atoms with Crippen LogP contribution in [0.3, 0.4) is 0 Å². The number of amides is 1. The van der Waals surface area contributed by atoms with Crippen LogP contribution in [0, 0.1) is 0 Å². The van der Waals surface area contributed by atoms with Gasteiger partial charge in [0.1, 0.15) is 6.04 Å². The van der Waals surface area contributed by atoms with E-state index in [0.29, 0.717) is 0 Å². The van der Waals surface area contributed by atoms with E-state index in [1.165, 1.54) is 0 Å². The third kappa shape index (κ3) is 4.68. The number of carboxylic acid groups (broad SMARTS) is 1. The molecule has 6 nitrogen and oxygen atoms in total. The highest BCUT2D eigenvalue weighted by Gasteiger charge is 2.23. The fourth-order valence-electron chi connectivity index (χ4n) is 3.05. The van der Waals surface area contributed by atoms with Gasteiger partial charge in [0, 0.05) is 24.7 Å². The van der Waals surface area contributed by atoms with Gasteiger partial charge in [-0.1, -0.05) is 44.2 Å². The van der Waals surface area contributed by atoms with Gasteiger partial charge in [0.15, 0.2) is 0 Å². The summed E-state index contributed by atoms with van der Waals surface area (Å²) in [6.07, 6.45) is 1.93. The molecule has 2 N–H and O–H groups in total. The van der Waals surface area contributed by atoms with Crippen LogP contribution in [-0.2, 0) is 42.3 Å². The molecule has 2 aromatic rings. The van der Waals surface area contributed by atoms with Crippen molar-refractivity contribution in [2.75, 3.05) is 0 Å². The van der Waals surface area contributed by atoms with E-state index in [0.717, 1.165) is 35.4 Å². The number of carboxylic acids is 1. The standard InChI is InChI=1S/C19H25N3O3/c1-4-15-14(17(5-2)22(3)21-15)12-18(23)20-16(19(24)25)11-13-9-7-6-8-10-13/h6-10,16H,4-5,11-12H2,1-3H3,(H,20,23)(H,24,25)/t16-/m0/s1. The topological polar surface area (TPSA) is 84.2 Å². The summed E-state index contributed by atoms with van der Waals surface area (Å²) in [5.41, 5.74) is 3.69. The van der Waals surface area contributed by atoms with Crippen molar-refractivity contribution in [2.45, 2.75) is 45.6 Å². The van der Waals surface area contributed by atoms with Crippen molar-refractivity contribution in [1.29, 1.82) is 0 Å². The van der Waals surface area contributed by atoms with Crippen LogP contribution < -0.4 is 5.32 Å². The first-order valence-corrected chi connectivity index (χ1v) is 8.55. The predicted molar refractivity (Wildman–Crippen MR) is 95.4 cm³/mol. The van der Waals surface area contributed by atoms with Crippen molar-refractivity contribution in [1.82, 2.24) is 15.1 Å². The summed E-state index contributed by atoms with van der Waals surface area (Å²) in [7, 11) is 1.87. The Balaban J connectivity index is 2.11. The minimum Gasteiger partial charge on any atom is -0.480 e. The molecule has 6 heteroatoms. The molecule has 0 bridgehead atoms. The van der Waals surface area contributed by atoms with E-state index in [9.17, 15) is 14.7 Å². The molecule has 0 spiro atoms. The maximum atomic E-state index is 12.5. The van der Waals surface area contributed by atoms with Crippen molar-refractivity contribution in [2.24, 2.45) is 7.05 Å². The van der Waals surface area contributed by atoms with Gasteiger partial charge in [0.2, 0.25) is 5.91 Å². The Bertz CT molecular complexity index is 738. The number of carbonyl (C=O) groups excluding carboxylic acids is 1. The van der Waals surface area contributed by atoms with Crippen molar-refractivity contribution >= 4 is 11.9 Å². The molecule has 0 fully saturated rings. The van der Waals surface area contributed by atoms with Crippen LogP contribution in [0.1, 0.15) is 36.4 Å². The number of nitrogens with zero attached hydrogens (tertiary/aromatic N) is 2. The minimum atomic E-state index is -1.03. The van der Waals surface area contributed by atoms with Crippen molar-refractivity contribution in [3.63, 3.8) is 0 Å². The summed E-state index contributed by atoms with van der Waals surface area (Å²) < 4.78 is 1.81. The zero-order valence-corrected chi connectivity index (χ0v) is 15.0. The second-order valence-corrected chi connectivity index (χ2v) is 6.03. The molecule has 0 saturated heterocycles. The predicted octanol–water partition coefficient (Wildman–Crippen LogP) is 1.90. The number of aryl methyl sites for hydroxylation is 2. The number of carbonyl (C=O) groups is 2. The summed E-state index contributed by atoms with van der Waals surface area (Å²) in [4.78, 5) is 24.0. The number of rotatable bonds is 8. The first-order chi connectivity index (χ1) is 12.0. The van der Waals surface area contributed by atoms with Gasteiger partial charge in [-0.05, 0) is 18.4 Å². The van der Waals surface area contributed by atoms with Gasteiger partial charge in [-0.25, -0.2) is 4.79 Å². The van der Waals surface area contributed by atoms with Crippen molar-refractivity contribution in [3.8, 4) is 0 Å². The second-order valence-electron chi connectivity index (χ2n) is 6.03. The molecule has 134 valence electrons.